The summed E-state index contributed by atoms with van der Waals surface area (Å²) in [5.41, 5.74) is 0.569. The maximum Gasteiger partial charge on any atom is 0.127 e. The Morgan fingerprint density at radius 3 is 2.44 bits per heavy atom. The molecule has 0 saturated carbocycles. The molecule has 0 heterocycles. The van der Waals surface area contributed by atoms with Crippen molar-refractivity contribution in [3.05, 3.63) is 34.6 Å². The maximum absolute atomic E-state index is 13.6. The molecule has 1 atom stereocenters. The molecule has 0 saturated heterocycles. The van der Waals surface area contributed by atoms with Gasteiger partial charge in [0.15, 0.2) is 0 Å². The van der Waals surface area contributed by atoms with E-state index in [1.807, 2.05) is 20.8 Å². The quantitative estimate of drug-likeness (QED) is 0.860. The molecule has 1 unspecified atom stereocenters. The van der Waals surface area contributed by atoms with Crippen LogP contribution in [0.5, 0.6) is 0 Å². The van der Waals surface area contributed by atoms with Crippen molar-refractivity contribution >= 4 is 11.6 Å². The fraction of sp³-hybridized carbons (Fsp3) is 0.538. The summed E-state index contributed by atoms with van der Waals surface area (Å²) in [6.45, 7) is 6.19. The molecule has 90 valence electrons. The summed E-state index contributed by atoms with van der Waals surface area (Å²) in [7, 11) is 0. The van der Waals surface area contributed by atoms with Crippen LogP contribution in [0.4, 0.5) is 4.39 Å². The lowest BCUT2D eigenvalue weighted by Gasteiger charge is -2.29. The molecule has 0 aromatic heterocycles. The largest absolute Gasteiger partial charge is 0.396 e. The third kappa shape index (κ3) is 3.46. The third-order valence-electron chi connectivity index (χ3n) is 2.93. The molecule has 0 aliphatic rings. The zero-order valence-electron chi connectivity index (χ0n) is 9.93. The molecular formula is C13H18ClFO. The van der Waals surface area contributed by atoms with Crippen molar-refractivity contribution in [3.8, 4) is 0 Å². The molecule has 1 aromatic carbocycles. The molecule has 0 radical (unpaired) electrons. The van der Waals surface area contributed by atoms with Crippen molar-refractivity contribution in [3.63, 3.8) is 0 Å². The molecule has 0 spiro atoms. The van der Waals surface area contributed by atoms with Gasteiger partial charge in [0.05, 0.1) is 0 Å². The molecule has 1 rings (SSSR count). The first-order valence-corrected chi connectivity index (χ1v) is 5.77. The van der Waals surface area contributed by atoms with Crippen LogP contribution >= 0.6 is 11.6 Å². The van der Waals surface area contributed by atoms with Crippen molar-refractivity contribution < 1.29 is 9.50 Å². The molecule has 0 bridgehead atoms. The molecule has 16 heavy (non-hydrogen) atoms. The summed E-state index contributed by atoms with van der Waals surface area (Å²) in [4.78, 5) is 0. The molecule has 0 fully saturated rings. The zero-order chi connectivity index (χ0) is 12.3. The average Bonchev–Trinajstić information content (AvgIpc) is 2.14. The standard InChI is InChI=1S/C13H18ClFO/c1-13(2,3)10(8-16)6-9-4-5-11(14)7-12(9)15/h4-5,7,10,16H,6,8H2,1-3H3. The first-order chi connectivity index (χ1) is 7.34. The second-order valence-corrected chi connectivity index (χ2v) is 5.62. The summed E-state index contributed by atoms with van der Waals surface area (Å²) in [5.74, 6) is -0.252. The van der Waals surface area contributed by atoms with Crippen molar-refractivity contribution in [2.75, 3.05) is 6.61 Å². The summed E-state index contributed by atoms with van der Waals surface area (Å²) in [6, 6.07) is 4.68. The lowest BCUT2D eigenvalue weighted by atomic mass is 9.78. The lowest BCUT2D eigenvalue weighted by Crippen LogP contribution is -2.26. The van der Waals surface area contributed by atoms with Gasteiger partial charge in [0, 0.05) is 11.6 Å². The number of aliphatic hydroxyl groups is 1. The Hall–Kier alpha value is -0.600. The Balaban J connectivity index is 2.86. The van der Waals surface area contributed by atoms with E-state index >= 15 is 0 Å². The van der Waals surface area contributed by atoms with Crippen LogP contribution in [0.1, 0.15) is 26.3 Å². The van der Waals surface area contributed by atoms with Crippen molar-refractivity contribution in [1.82, 2.24) is 0 Å². The van der Waals surface area contributed by atoms with Gasteiger partial charge in [-0.15, -0.1) is 0 Å². The van der Waals surface area contributed by atoms with E-state index in [0.29, 0.717) is 17.0 Å². The van der Waals surface area contributed by atoms with Crippen molar-refractivity contribution in [1.29, 1.82) is 0 Å². The van der Waals surface area contributed by atoms with Gasteiger partial charge in [0.25, 0.3) is 0 Å². The number of hydrogen-bond acceptors (Lipinski definition) is 1. The number of benzene rings is 1. The van der Waals surface area contributed by atoms with Gasteiger partial charge in [-0.3, -0.25) is 0 Å². The highest BCUT2D eigenvalue weighted by Crippen LogP contribution is 2.29. The predicted molar refractivity (Wildman–Crippen MR) is 65.1 cm³/mol. The van der Waals surface area contributed by atoms with Gasteiger partial charge >= 0.3 is 0 Å². The zero-order valence-corrected chi connectivity index (χ0v) is 10.7. The van der Waals surface area contributed by atoms with E-state index in [0.717, 1.165) is 0 Å². The van der Waals surface area contributed by atoms with Gasteiger partial charge in [-0.2, -0.15) is 0 Å². The highest BCUT2D eigenvalue weighted by Gasteiger charge is 2.24. The fourth-order valence-corrected chi connectivity index (χ4v) is 1.76. The normalized spacial score (nSPS) is 13.9. The van der Waals surface area contributed by atoms with Crippen LogP contribution in [0, 0.1) is 17.2 Å². The topological polar surface area (TPSA) is 20.2 Å². The van der Waals surface area contributed by atoms with Crippen LogP contribution < -0.4 is 0 Å². The van der Waals surface area contributed by atoms with Gasteiger partial charge in [0.1, 0.15) is 5.82 Å². The summed E-state index contributed by atoms with van der Waals surface area (Å²) >= 11 is 5.69. The van der Waals surface area contributed by atoms with E-state index in [9.17, 15) is 9.50 Å². The maximum atomic E-state index is 13.6. The van der Waals surface area contributed by atoms with E-state index in [4.69, 9.17) is 11.6 Å². The van der Waals surface area contributed by atoms with Crippen LogP contribution in [-0.4, -0.2) is 11.7 Å². The second kappa shape index (κ2) is 5.15. The molecule has 0 amide bonds. The van der Waals surface area contributed by atoms with Gasteiger partial charge in [0.2, 0.25) is 0 Å². The smallest absolute Gasteiger partial charge is 0.127 e. The highest BCUT2D eigenvalue weighted by atomic mass is 35.5. The minimum atomic E-state index is -0.296. The Kier molecular flexibility index (Phi) is 4.34. The Morgan fingerprint density at radius 1 is 1.38 bits per heavy atom. The van der Waals surface area contributed by atoms with Crippen molar-refractivity contribution in [2.24, 2.45) is 11.3 Å². The first kappa shape index (κ1) is 13.5. The van der Waals surface area contributed by atoms with Gasteiger partial charge in [-0.05, 0) is 35.4 Å². The second-order valence-electron chi connectivity index (χ2n) is 5.19. The number of rotatable bonds is 3. The Morgan fingerprint density at radius 2 is 2.00 bits per heavy atom. The van der Waals surface area contributed by atoms with Gasteiger partial charge < -0.3 is 5.11 Å². The van der Waals surface area contributed by atoms with Gasteiger partial charge in [-0.25, -0.2) is 4.39 Å². The molecule has 0 aliphatic heterocycles. The summed E-state index contributed by atoms with van der Waals surface area (Å²) in [6.07, 6.45) is 0.531. The summed E-state index contributed by atoms with van der Waals surface area (Å²) in [5, 5.41) is 9.72. The van der Waals surface area contributed by atoms with E-state index in [1.54, 1.807) is 12.1 Å². The molecule has 1 nitrogen and oxygen atoms in total. The molecule has 1 N–H and O–H groups in total. The predicted octanol–water partition coefficient (Wildman–Crippen LogP) is 3.68. The van der Waals surface area contributed by atoms with Crippen LogP contribution in [-0.2, 0) is 6.42 Å². The van der Waals surface area contributed by atoms with Crippen LogP contribution in [0.2, 0.25) is 5.02 Å². The monoisotopic (exact) mass is 244 g/mol. The minimum Gasteiger partial charge on any atom is -0.396 e. The molecule has 0 aliphatic carbocycles. The fourth-order valence-electron chi connectivity index (χ4n) is 1.60. The lowest BCUT2D eigenvalue weighted by molar-refractivity contribution is 0.130. The van der Waals surface area contributed by atoms with Crippen molar-refractivity contribution in [2.45, 2.75) is 27.2 Å². The van der Waals surface area contributed by atoms with Gasteiger partial charge in [-0.1, -0.05) is 38.4 Å². The number of hydrogen-bond donors (Lipinski definition) is 1. The first-order valence-electron chi connectivity index (χ1n) is 5.39. The van der Waals surface area contributed by atoms with E-state index in [1.165, 1.54) is 6.07 Å². The van der Waals surface area contributed by atoms with E-state index in [2.05, 4.69) is 0 Å². The molecule has 3 heteroatoms. The number of halogens is 2. The average molecular weight is 245 g/mol. The minimum absolute atomic E-state index is 0.0408. The number of aliphatic hydroxyl groups excluding tert-OH is 1. The van der Waals surface area contributed by atoms with E-state index in [-0.39, 0.29) is 23.8 Å². The Labute approximate surface area is 101 Å². The highest BCUT2D eigenvalue weighted by molar-refractivity contribution is 6.30. The SMILES string of the molecule is CC(C)(C)C(CO)Cc1ccc(Cl)cc1F. The molecular weight excluding hydrogens is 227 g/mol. The summed E-state index contributed by atoms with van der Waals surface area (Å²) < 4.78 is 13.6. The molecule has 1 aromatic rings. The van der Waals surface area contributed by atoms with Crippen LogP contribution in [0.25, 0.3) is 0 Å². The Bertz CT molecular complexity index is 357. The third-order valence-corrected chi connectivity index (χ3v) is 3.16. The van der Waals surface area contributed by atoms with Crippen LogP contribution in [0.15, 0.2) is 18.2 Å². The van der Waals surface area contributed by atoms with Crippen LogP contribution in [0.3, 0.4) is 0 Å². The van der Waals surface area contributed by atoms with E-state index < -0.39 is 0 Å².